The molecule has 1 N–H and O–H groups in total. The maximum Gasteiger partial charge on any atom is 0.212 e. The second-order valence-electron chi connectivity index (χ2n) is 8.40. The second kappa shape index (κ2) is 11.1. The van der Waals surface area contributed by atoms with Gasteiger partial charge in [-0.15, -0.1) is 24.8 Å². The number of halogens is 2. The highest BCUT2D eigenvalue weighted by Gasteiger charge is 2.29. The molecule has 0 bridgehead atoms. The Hall–Kier alpha value is -1.71. The van der Waals surface area contributed by atoms with Crippen molar-refractivity contribution in [3.8, 4) is 0 Å². The third kappa shape index (κ3) is 5.35. The van der Waals surface area contributed by atoms with Crippen molar-refractivity contribution in [2.45, 2.75) is 62.4 Å². The average Bonchev–Trinajstić information content (AvgIpc) is 3.15. The molecule has 0 unspecified atom stereocenters. The quantitative estimate of drug-likeness (QED) is 0.540. The molecule has 0 amide bonds. The largest absolute Gasteiger partial charge is 0.310 e. The molecule has 0 aliphatic carbocycles. The molecular formula is C23H33Cl2N5O2S. The normalized spacial score (nSPS) is 15.3. The minimum Gasteiger partial charge on any atom is -0.310 e. The molecule has 0 radical (unpaired) electrons. The number of likely N-dealkylation sites (tertiary alicyclic amines) is 1. The zero-order valence-electron chi connectivity index (χ0n) is 19.5. The van der Waals surface area contributed by atoms with Gasteiger partial charge < -0.3 is 10.2 Å². The van der Waals surface area contributed by atoms with Gasteiger partial charge in [0, 0.05) is 29.5 Å². The Kier molecular flexibility index (Phi) is 9.30. The third-order valence-electron chi connectivity index (χ3n) is 6.29. The summed E-state index contributed by atoms with van der Waals surface area (Å²) in [6.07, 6.45) is 2.78. The highest BCUT2D eigenvalue weighted by atomic mass is 35.5. The minimum atomic E-state index is -3.71. The van der Waals surface area contributed by atoms with Gasteiger partial charge in [-0.25, -0.2) is 17.9 Å². The number of rotatable bonds is 6. The highest BCUT2D eigenvalue weighted by Crippen LogP contribution is 2.29. The Morgan fingerprint density at radius 2 is 1.73 bits per heavy atom. The first-order valence-corrected chi connectivity index (χ1v) is 12.4. The van der Waals surface area contributed by atoms with Crippen LogP contribution in [0.15, 0.2) is 40.1 Å². The van der Waals surface area contributed by atoms with Crippen LogP contribution in [0.25, 0.3) is 5.65 Å². The monoisotopic (exact) mass is 513 g/mol. The zero-order chi connectivity index (χ0) is 22.2. The first-order valence-electron chi connectivity index (χ1n) is 10.9. The Morgan fingerprint density at radius 3 is 2.33 bits per heavy atom. The van der Waals surface area contributed by atoms with E-state index in [0.717, 1.165) is 42.9 Å². The fraction of sp³-hybridized carbons (Fsp3) is 0.478. The van der Waals surface area contributed by atoms with Crippen LogP contribution in [0.1, 0.15) is 42.4 Å². The van der Waals surface area contributed by atoms with E-state index in [1.165, 1.54) is 0 Å². The van der Waals surface area contributed by atoms with Crippen LogP contribution in [0.3, 0.4) is 0 Å². The molecule has 4 rings (SSSR count). The second-order valence-corrected chi connectivity index (χ2v) is 10.3. The van der Waals surface area contributed by atoms with Crippen molar-refractivity contribution >= 4 is 40.3 Å². The van der Waals surface area contributed by atoms with Gasteiger partial charge in [-0.2, -0.15) is 5.10 Å². The maximum atomic E-state index is 13.4. The van der Waals surface area contributed by atoms with E-state index in [4.69, 9.17) is 4.98 Å². The smallest absolute Gasteiger partial charge is 0.212 e. The first-order chi connectivity index (χ1) is 14.8. The minimum absolute atomic E-state index is 0. The lowest BCUT2D eigenvalue weighted by atomic mass is 10.0. The number of nitrogens with one attached hydrogen (secondary N) is 1. The zero-order valence-corrected chi connectivity index (χ0v) is 22.0. The fourth-order valence-corrected chi connectivity index (χ4v) is 5.94. The van der Waals surface area contributed by atoms with Crippen LogP contribution in [0.5, 0.6) is 0 Å². The number of aryl methyl sites for hydroxylation is 3. The summed E-state index contributed by atoms with van der Waals surface area (Å²) in [6, 6.07) is 9.02. The van der Waals surface area contributed by atoms with Gasteiger partial charge in [0.15, 0.2) is 5.65 Å². The van der Waals surface area contributed by atoms with Gasteiger partial charge in [-0.1, -0.05) is 25.1 Å². The fourth-order valence-electron chi connectivity index (χ4n) is 4.33. The molecule has 1 saturated heterocycles. The Bertz CT molecular complexity index is 1190. The van der Waals surface area contributed by atoms with Gasteiger partial charge in [0.1, 0.15) is 4.90 Å². The lowest BCUT2D eigenvalue weighted by Gasteiger charge is -2.29. The van der Waals surface area contributed by atoms with Crippen LogP contribution < -0.4 is 5.32 Å². The number of hydrogen-bond acceptors (Lipinski definition) is 6. The maximum absolute atomic E-state index is 13.4. The van der Waals surface area contributed by atoms with Crippen molar-refractivity contribution in [2.24, 2.45) is 0 Å². The van der Waals surface area contributed by atoms with Crippen LogP contribution >= 0.6 is 24.8 Å². The van der Waals surface area contributed by atoms with E-state index in [2.05, 4.69) is 22.4 Å². The van der Waals surface area contributed by atoms with E-state index in [0.29, 0.717) is 30.3 Å². The summed E-state index contributed by atoms with van der Waals surface area (Å²) in [4.78, 5) is 7.59. The molecule has 1 aliphatic rings. The van der Waals surface area contributed by atoms with Crippen LogP contribution in [-0.2, 0) is 22.8 Å². The molecule has 10 heteroatoms. The summed E-state index contributed by atoms with van der Waals surface area (Å²) in [6.45, 7) is 8.79. The van der Waals surface area contributed by atoms with Crippen LogP contribution in [0.2, 0.25) is 0 Å². The standard InChI is InChI=1S/C23H31N5O2S.2ClH/c1-5-21-22(31(29,30)19-9-7-6-8-10-19)23-25-16(2)20(17(3)28(23)26-21)15-24-18-11-13-27(4)14-12-18;;/h6-10,18,24H,5,11-15H2,1-4H3;2*1H. The van der Waals surface area contributed by atoms with E-state index >= 15 is 0 Å². The Morgan fingerprint density at radius 1 is 1.09 bits per heavy atom. The number of aromatic nitrogens is 3. The summed E-state index contributed by atoms with van der Waals surface area (Å²) in [5, 5.41) is 8.34. The molecule has 0 saturated carbocycles. The number of nitrogens with zero attached hydrogens (tertiary/aromatic N) is 4. The molecule has 1 fully saturated rings. The predicted molar refractivity (Wildman–Crippen MR) is 136 cm³/mol. The summed E-state index contributed by atoms with van der Waals surface area (Å²) in [5.74, 6) is 0. The van der Waals surface area contributed by atoms with Crippen molar-refractivity contribution in [2.75, 3.05) is 20.1 Å². The Balaban J connectivity index is 0.00000193. The number of fused-ring (bicyclic) bond motifs is 1. The van der Waals surface area contributed by atoms with E-state index in [-0.39, 0.29) is 34.6 Å². The first kappa shape index (κ1) is 27.5. The van der Waals surface area contributed by atoms with E-state index in [1.54, 1.807) is 28.8 Å². The van der Waals surface area contributed by atoms with E-state index in [9.17, 15) is 8.42 Å². The van der Waals surface area contributed by atoms with Gasteiger partial charge in [-0.3, -0.25) is 0 Å². The van der Waals surface area contributed by atoms with Crippen molar-refractivity contribution < 1.29 is 8.42 Å². The third-order valence-corrected chi connectivity index (χ3v) is 8.14. The predicted octanol–water partition coefficient (Wildman–Crippen LogP) is 3.77. The van der Waals surface area contributed by atoms with Crippen molar-refractivity contribution in [1.29, 1.82) is 0 Å². The van der Waals surface area contributed by atoms with Crippen molar-refractivity contribution in [3.05, 3.63) is 53.0 Å². The van der Waals surface area contributed by atoms with Crippen molar-refractivity contribution in [3.63, 3.8) is 0 Å². The summed E-state index contributed by atoms with van der Waals surface area (Å²) in [7, 11) is -1.55. The molecule has 3 heterocycles. The van der Waals surface area contributed by atoms with Crippen LogP contribution in [0.4, 0.5) is 0 Å². The van der Waals surface area contributed by atoms with Crippen LogP contribution in [0, 0.1) is 13.8 Å². The molecule has 0 atom stereocenters. The number of sulfone groups is 1. The molecule has 1 aliphatic heterocycles. The SMILES string of the molecule is CCc1nn2c(C)c(CNC3CCN(C)CC3)c(C)nc2c1S(=O)(=O)c1ccccc1.Cl.Cl. The molecule has 33 heavy (non-hydrogen) atoms. The highest BCUT2D eigenvalue weighted by molar-refractivity contribution is 7.91. The number of hydrogen-bond donors (Lipinski definition) is 1. The van der Waals surface area contributed by atoms with Gasteiger partial charge in [0.2, 0.25) is 9.84 Å². The van der Waals surface area contributed by atoms with Crippen LogP contribution in [-0.4, -0.2) is 54.1 Å². The summed E-state index contributed by atoms with van der Waals surface area (Å²) in [5.41, 5.74) is 3.84. The molecule has 7 nitrogen and oxygen atoms in total. The van der Waals surface area contributed by atoms with Gasteiger partial charge in [-0.05, 0) is 65.4 Å². The molecular weight excluding hydrogens is 481 g/mol. The topological polar surface area (TPSA) is 79.6 Å². The lowest BCUT2D eigenvalue weighted by Crippen LogP contribution is -2.40. The average molecular weight is 515 g/mol. The molecule has 2 aromatic heterocycles. The molecule has 3 aromatic rings. The number of piperidine rings is 1. The van der Waals surface area contributed by atoms with E-state index in [1.807, 2.05) is 26.8 Å². The van der Waals surface area contributed by atoms with Gasteiger partial charge in [0.05, 0.1) is 10.6 Å². The van der Waals surface area contributed by atoms with Gasteiger partial charge >= 0.3 is 0 Å². The Labute approximate surface area is 208 Å². The van der Waals surface area contributed by atoms with E-state index < -0.39 is 9.84 Å². The summed E-state index contributed by atoms with van der Waals surface area (Å²) < 4.78 is 28.6. The van der Waals surface area contributed by atoms with Crippen molar-refractivity contribution in [1.82, 2.24) is 24.8 Å². The van der Waals surface area contributed by atoms with Gasteiger partial charge in [0.25, 0.3) is 0 Å². The molecule has 182 valence electrons. The molecule has 0 spiro atoms. The summed E-state index contributed by atoms with van der Waals surface area (Å²) >= 11 is 0. The lowest BCUT2D eigenvalue weighted by molar-refractivity contribution is 0.234. The molecule has 1 aromatic carbocycles. The number of benzene rings is 1.